The predicted octanol–water partition coefficient (Wildman–Crippen LogP) is 3.86. The molecule has 0 unspecified atom stereocenters. The van der Waals surface area contributed by atoms with Crippen molar-refractivity contribution in [1.29, 1.82) is 0 Å². The SMILES string of the molecule is Cn1ccc(CCNc2ccc(C(F)(F)F)cc2Br)n1. The van der Waals surface area contributed by atoms with Crippen molar-refractivity contribution in [2.75, 3.05) is 11.9 Å². The van der Waals surface area contributed by atoms with Crippen LogP contribution in [0.15, 0.2) is 34.9 Å². The maximum Gasteiger partial charge on any atom is 0.416 e. The van der Waals surface area contributed by atoms with Gasteiger partial charge in [-0.3, -0.25) is 4.68 Å². The molecule has 0 aliphatic heterocycles. The average Bonchev–Trinajstić information content (AvgIpc) is 2.76. The first-order valence-electron chi connectivity index (χ1n) is 5.95. The Balaban J connectivity index is 1.96. The van der Waals surface area contributed by atoms with Crippen molar-refractivity contribution in [2.24, 2.45) is 7.05 Å². The van der Waals surface area contributed by atoms with Gasteiger partial charge >= 0.3 is 6.18 Å². The van der Waals surface area contributed by atoms with Gasteiger partial charge in [0.2, 0.25) is 0 Å². The number of aromatic nitrogens is 2. The van der Waals surface area contributed by atoms with Gasteiger partial charge in [0.05, 0.1) is 11.3 Å². The number of hydrogen-bond donors (Lipinski definition) is 1. The van der Waals surface area contributed by atoms with Crippen molar-refractivity contribution in [3.8, 4) is 0 Å². The third-order valence-electron chi connectivity index (χ3n) is 2.76. The van der Waals surface area contributed by atoms with E-state index in [9.17, 15) is 13.2 Å². The minimum Gasteiger partial charge on any atom is -0.384 e. The number of anilines is 1. The monoisotopic (exact) mass is 347 g/mol. The first kappa shape index (κ1) is 14.9. The van der Waals surface area contributed by atoms with Gasteiger partial charge in [0.25, 0.3) is 0 Å². The highest BCUT2D eigenvalue weighted by atomic mass is 79.9. The summed E-state index contributed by atoms with van der Waals surface area (Å²) in [5.41, 5.74) is 0.900. The molecule has 0 bridgehead atoms. The summed E-state index contributed by atoms with van der Waals surface area (Å²) >= 11 is 3.15. The zero-order valence-corrected chi connectivity index (χ0v) is 12.3. The number of nitrogens with one attached hydrogen (secondary N) is 1. The highest BCUT2D eigenvalue weighted by Gasteiger charge is 2.30. The molecule has 3 nitrogen and oxygen atoms in total. The van der Waals surface area contributed by atoms with Gasteiger partial charge in [0, 0.05) is 36.4 Å². The van der Waals surface area contributed by atoms with Crippen LogP contribution in [-0.4, -0.2) is 16.3 Å². The van der Waals surface area contributed by atoms with Crippen LogP contribution < -0.4 is 5.32 Å². The molecule has 0 aliphatic carbocycles. The summed E-state index contributed by atoms with van der Waals surface area (Å²) in [5.74, 6) is 0. The lowest BCUT2D eigenvalue weighted by atomic mass is 10.2. The topological polar surface area (TPSA) is 29.9 Å². The lowest BCUT2D eigenvalue weighted by Gasteiger charge is -2.11. The summed E-state index contributed by atoms with van der Waals surface area (Å²) in [4.78, 5) is 0. The van der Waals surface area contributed by atoms with Gasteiger partial charge < -0.3 is 5.32 Å². The van der Waals surface area contributed by atoms with Gasteiger partial charge in [-0.15, -0.1) is 0 Å². The van der Waals surface area contributed by atoms with Crippen molar-refractivity contribution < 1.29 is 13.2 Å². The van der Waals surface area contributed by atoms with Gasteiger partial charge in [-0.2, -0.15) is 18.3 Å². The Morgan fingerprint density at radius 1 is 1.30 bits per heavy atom. The standard InChI is InChI=1S/C13H13BrF3N3/c1-20-7-5-10(19-20)4-6-18-12-3-2-9(8-11(12)14)13(15,16)17/h2-3,5,7-8,18H,4,6H2,1H3. The van der Waals surface area contributed by atoms with E-state index in [0.717, 1.165) is 17.8 Å². The van der Waals surface area contributed by atoms with Crippen LogP contribution in [0.25, 0.3) is 0 Å². The third kappa shape index (κ3) is 3.75. The molecule has 0 spiro atoms. The van der Waals surface area contributed by atoms with Crippen LogP contribution in [0.3, 0.4) is 0 Å². The summed E-state index contributed by atoms with van der Waals surface area (Å²) < 4.78 is 39.7. The summed E-state index contributed by atoms with van der Waals surface area (Å²) in [6.45, 7) is 0.598. The maximum atomic E-state index is 12.5. The molecule has 2 aromatic rings. The van der Waals surface area contributed by atoms with E-state index in [1.165, 1.54) is 6.07 Å². The van der Waals surface area contributed by atoms with Crippen LogP contribution in [0, 0.1) is 0 Å². The molecule has 2 rings (SSSR count). The van der Waals surface area contributed by atoms with Crippen molar-refractivity contribution in [2.45, 2.75) is 12.6 Å². The predicted molar refractivity (Wildman–Crippen MR) is 74.5 cm³/mol. The third-order valence-corrected chi connectivity index (χ3v) is 3.42. The molecule has 0 fully saturated rings. The highest BCUT2D eigenvalue weighted by Crippen LogP contribution is 2.33. The minimum atomic E-state index is -4.32. The van der Waals surface area contributed by atoms with E-state index in [4.69, 9.17) is 0 Å². The lowest BCUT2D eigenvalue weighted by molar-refractivity contribution is -0.137. The first-order chi connectivity index (χ1) is 9.36. The van der Waals surface area contributed by atoms with Crippen molar-refractivity contribution in [3.05, 3.63) is 46.2 Å². The molecule has 20 heavy (non-hydrogen) atoms. The summed E-state index contributed by atoms with van der Waals surface area (Å²) in [7, 11) is 1.84. The van der Waals surface area contributed by atoms with Crippen LogP contribution in [0.5, 0.6) is 0 Å². The molecular formula is C13H13BrF3N3. The van der Waals surface area contributed by atoms with E-state index in [-0.39, 0.29) is 0 Å². The van der Waals surface area contributed by atoms with E-state index in [0.29, 0.717) is 23.1 Å². The van der Waals surface area contributed by atoms with Gasteiger partial charge in [-0.25, -0.2) is 0 Å². The van der Waals surface area contributed by atoms with Crippen LogP contribution in [0.1, 0.15) is 11.3 Å². The number of halogens is 4. The molecule has 1 N–H and O–H groups in total. The molecule has 108 valence electrons. The number of alkyl halides is 3. The summed E-state index contributed by atoms with van der Waals surface area (Å²) in [6.07, 6.45) is -1.77. The van der Waals surface area contributed by atoms with E-state index >= 15 is 0 Å². The van der Waals surface area contributed by atoms with Crippen LogP contribution in [0.2, 0.25) is 0 Å². The van der Waals surface area contributed by atoms with E-state index < -0.39 is 11.7 Å². The number of rotatable bonds is 4. The largest absolute Gasteiger partial charge is 0.416 e. The second kappa shape index (κ2) is 5.87. The molecule has 0 atom stereocenters. The van der Waals surface area contributed by atoms with Crippen LogP contribution in [-0.2, 0) is 19.6 Å². The molecule has 0 amide bonds. The highest BCUT2D eigenvalue weighted by molar-refractivity contribution is 9.10. The van der Waals surface area contributed by atoms with Gasteiger partial charge in [0.15, 0.2) is 0 Å². The van der Waals surface area contributed by atoms with Gasteiger partial charge in [0.1, 0.15) is 0 Å². The lowest BCUT2D eigenvalue weighted by Crippen LogP contribution is -2.08. The van der Waals surface area contributed by atoms with Crippen LogP contribution in [0.4, 0.5) is 18.9 Å². The number of hydrogen-bond acceptors (Lipinski definition) is 2. The Morgan fingerprint density at radius 3 is 2.60 bits per heavy atom. The van der Waals surface area contributed by atoms with E-state index in [2.05, 4.69) is 26.3 Å². The average molecular weight is 348 g/mol. The molecule has 1 heterocycles. The summed E-state index contributed by atoms with van der Waals surface area (Å²) in [5, 5.41) is 7.31. The van der Waals surface area contributed by atoms with Crippen molar-refractivity contribution >= 4 is 21.6 Å². The second-order valence-corrected chi connectivity index (χ2v) is 5.20. The minimum absolute atomic E-state index is 0.397. The van der Waals surface area contributed by atoms with Gasteiger partial charge in [-0.05, 0) is 40.2 Å². The Morgan fingerprint density at radius 2 is 2.05 bits per heavy atom. The number of aryl methyl sites for hydroxylation is 1. The summed E-state index contributed by atoms with van der Waals surface area (Å²) in [6, 6.07) is 5.46. The quantitative estimate of drug-likeness (QED) is 0.910. The van der Waals surface area contributed by atoms with E-state index in [1.807, 2.05) is 19.3 Å². The maximum absolute atomic E-state index is 12.5. The molecule has 0 saturated carbocycles. The van der Waals surface area contributed by atoms with Crippen molar-refractivity contribution in [3.63, 3.8) is 0 Å². The Bertz CT molecular complexity index is 593. The fourth-order valence-corrected chi connectivity index (χ4v) is 2.28. The van der Waals surface area contributed by atoms with Crippen molar-refractivity contribution in [1.82, 2.24) is 9.78 Å². The molecule has 1 aromatic heterocycles. The van der Waals surface area contributed by atoms with E-state index in [1.54, 1.807) is 4.68 Å². The smallest absolute Gasteiger partial charge is 0.384 e. The van der Waals surface area contributed by atoms with Gasteiger partial charge in [-0.1, -0.05) is 0 Å². The molecule has 0 aliphatic rings. The first-order valence-corrected chi connectivity index (χ1v) is 6.75. The number of nitrogens with zero attached hydrogens (tertiary/aromatic N) is 2. The Hall–Kier alpha value is -1.50. The molecule has 7 heteroatoms. The Kier molecular flexibility index (Phi) is 4.37. The molecule has 1 aromatic carbocycles. The van der Waals surface area contributed by atoms with Crippen LogP contribution >= 0.6 is 15.9 Å². The second-order valence-electron chi connectivity index (χ2n) is 4.35. The zero-order chi connectivity index (χ0) is 14.8. The zero-order valence-electron chi connectivity index (χ0n) is 10.7. The molecule has 0 saturated heterocycles. The fraction of sp³-hybridized carbons (Fsp3) is 0.308. The normalized spacial score (nSPS) is 11.7. The fourth-order valence-electron chi connectivity index (χ4n) is 1.76. The molecular weight excluding hydrogens is 335 g/mol. The Labute approximate surface area is 122 Å². The number of benzene rings is 1. The molecule has 0 radical (unpaired) electrons.